The van der Waals surface area contributed by atoms with Gasteiger partial charge in [0.1, 0.15) is 5.75 Å². The predicted molar refractivity (Wildman–Crippen MR) is 84.1 cm³/mol. The Kier molecular flexibility index (Phi) is 3.03. The molecule has 0 radical (unpaired) electrons. The maximum atomic E-state index is 5.56. The second-order valence-corrected chi connectivity index (χ2v) is 6.11. The second kappa shape index (κ2) is 5.04. The lowest BCUT2D eigenvalue weighted by molar-refractivity contribution is 0.341. The maximum Gasteiger partial charge on any atom is 0.186 e. The van der Waals surface area contributed by atoms with Gasteiger partial charge in [-0.1, -0.05) is 11.3 Å². The lowest BCUT2D eigenvalue weighted by Crippen LogP contribution is -2.29. The van der Waals surface area contributed by atoms with Crippen LogP contribution in [0.15, 0.2) is 24.4 Å². The third-order valence-corrected chi connectivity index (χ3v) is 4.81. The molecule has 0 saturated heterocycles. The summed E-state index contributed by atoms with van der Waals surface area (Å²) < 4.78 is 6.73. The van der Waals surface area contributed by atoms with Gasteiger partial charge < -0.3 is 9.64 Å². The summed E-state index contributed by atoms with van der Waals surface area (Å²) in [6, 6.07) is 6.10. The van der Waals surface area contributed by atoms with Gasteiger partial charge in [0.25, 0.3) is 0 Å². The summed E-state index contributed by atoms with van der Waals surface area (Å²) in [5.41, 5.74) is 3.57. The average molecular weight is 300 g/mol. The highest BCUT2D eigenvalue weighted by Gasteiger charge is 2.20. The van der Waals surface area contributed by atoms with Crippen LogP contribution in [-0.2, 0) is 13.0 Å². The number of hydrogen-bond donors (Lipinski definition) is 1. The number of thiazole rings is 1. The summed E-state index contributed by atoms with van der Waals surface area (Å²) in [7, 11) is 0. The van der Waals surface area contributed by atoms with Crippen molar-refractivity contribution in [2.75, 3.05) is 18.1 Å². The Bertz CT molecular complexity index is 779. The molecule has 0 fully saturated rings. The number of aromatic nitrogens is 3. The summed E-state index contributed by atoms with van der Waals surface area (Å²) in [5, 5.41) is 8.26. The second-order valence-electron chi connectivity index (χ2n) is 5.10. The molecule has 0 aliphatic carbocycles. The van der Waals surface area contributed by atoms with Gasteiger partial charge in [0.15, 0.2) is 5.13 Å². The fourth-order valence-corrected chi connectivity index (χ4v) is 3.69. The molecule has 0 spiro atoms. The van der Waals surface area contributed by atoms with E-state index in [1.54, 1.807) is 11.3 Å². The van der Waals surface area contributed by atoms with Crippen LogP contribution in [0.5, 0.6) is 5.75 Å². The van der Waals surface area contributed by atoms with Gasteiger partial charge in [-0.05, 0) is 25.1 Å². The highest BCUT2D eigenvalue weighted by atomic mass is 32.1. The molecule has 0 amide bonds. The lowest BCUT2D eigenvalue weighted by atomic mass is 10.1. The summed E-state index contributed by atoms with van der Waals surface area (Å²) in [5.74, 6) is 0.913. The molecule has 108 valence electrons. The molecule has 6 heteroatoms. The molecular formula is C15H16N4OS. The van der Waals surface area contributed by atoms with Crippen LogP contribution >= 0.6 is 11.3 Å². The van der Waals surface area contributed by atoms with Gasteiger partial charge in [-0.3, -0.25) is 5.10 Å². The van der Waals surface area contributed by atoms with Crippen molar-refractivity contribution in [1.29, 1.82) is 0 Å². The first-order valence-corrected chi connectivity index (χ1v) is 7.94. The van der Waals surface area contributed by atoms with Crippen LogP contribution in [0.1, 0.15) is 18.2 Å². The zero-order chi connectivity index (χ0) is 14.2. The Hall–Kier alpha value is -2.08. The van der Waals surface area contributed by atoms with Crippen LogP contribution in [-0.4, -0.2) is 28.3 Å². The van der Waals surface area contributed by atoms with E-state index in [4.69, 9.17) is 9.72 Å². The van der Waals surface area contributed by atoms with Crippen molar-refractivity contribution < 1.29 is 4.74 Å². The number of fused-ring (bicyclic) bond motifs is 2. The summed E-state index contributed by atoms with van der Waals surface area (Å²) in [6.45, 7) is 4.54. The molecule has 0 atom stereocenters. The van der Waals surface area contributed by atoms with E-state index in [9.17, 15) is 0 Å². The summed E-state index contributed by atoms with van der Waals surface area (Å²) in [4.78, 5) is 7.08. The van der Waals surface area contributed by atoms with E-state index in [1.807, 2.05) is 25.3 Å². The van der Waals surface area contributed by atoms with Crippen molar-refractivity contribution in [3.05, 3.63) is 35.7 Å². The fourth-order valence-electron chi connectivity index (χ4n) is 2.67. The molecular weight excluding hydrogens is 284 g/mol. The Morgan fingerprint density at radius 3 is 3.29 bits per heavy atom. The van der Waals surface area contributed by atoms with Gasteiger partial charge in [0, 0.05) is 30.8 Å². The van der Waals surface area contributed by atoms with E-state index < -0.39 is 0 Å². The van der Waals surface area contributed by atoms with Crippen molar-refractivity contribution in [3.63, 3.8) is 0 Å². The Morgan fingerprint density at radius 1 is 1.43 bits per heavy atom. The number of rotatable bonds is 3. The number of benzene rings is 1. The monoisotopic (exact) mass is 300 g/mol. The van der Waals surface area contributed by atoms with Crippen LogP contribution in [0.3, 0.4) is 0 Å². The highest BCUT2D eigenvalue weighted by molar-refractivity contribution is 7.22. The van der Waals surface area contributed by atoms with Crippen molar-refractivity contribution in [2.24, 2.45) is 0 Å². The quantitative estimate of drug-likeness (QED) is 0.808. The van der Waals surface area contributed by atoms with Crippen molar-refractivity contribution >= 4 is 26.7 Å². The normalized spacial score (nSPS) is 14.4. The number of ether oxygens (including phenoxy) is 1. The third kappa shape index (κ3) is 2.25. The Balaban J connectivity index is 1.65. The standard InChI is InChI=1S/C15H16N4OS/c1-2-20-11-3-4-13-14(7-11)21-15(17-13)19-6-5-12-10(9-19)8-16-18-12/h3-4,7-8H,2,5-6,9H2,1H3,(H,16,18). The number of nitrogens with zero attached hydrogens (tertiary/aromatic N) is 3. The largest absolute Gasteiger partial charge is 0.494 e. The minimum absolute atomic E-state index is 0.687. The molecule has 2 aromatic heterocycles. The Morgan fingerprint density at radius 2 is 2.38 bits per heavy atom. The van der Waals surface area contributed by atoms with E-state index in [1.165, 1.54) is 16.0 Å². The van der Waals surface area contributed by atoms with Crippen molar-refractivity contribution in [3.8, 4) is 5.75 Å². The van der Waals surface area contributed by atoms with Gasteiger partial charge in [-0.25, -0.2) is 4.98 Å². The van der Waals surface area contributed by atoms with Crippen LogP contribution < -0.4 is 9.64 Å². The number of nitrogens with one attached hydrogen (secondary N) is 1. The molecule has 1 N–H and O–H groups in total. The smallest absolute Gasteiger partial charge is 0.186 e. The molecule has 1 aliphatic rings. The minimum atomic E-state index is 0.687. The topological polar surface area (TPSA) is 54.0 Å². The minimum Gasteiger partial charge on any atom is -0.494 e. The maximum absolute atomic E-state index is 5.56. The number of hydrogen-bond acceptors (Lipinski definition) is 5. The average Bonchev–Trinajstić information content (AvgIpc) is 3.12. The van der Waals surface area contributed by atoms with E-state index >= 15 is 0 Å². The molecule has 0 bridgehead atoms. The van der Waals surface area contributed by atoms with E-state index in [0.717, 1.165) is 35.9 Å². The molecule has 0 saturated carbocycles. The van der Waals surface area contributed by atoms with Gasteiger partial charge in [-0.15, -0.1) is 0 Å². The predicted octanol–water partition coefficient (Wildman–Crippen LogP) is 2.98. The molecule has 3 aromatic rings. The van der Waals surface area contributed by atoms with Crippen LogP contribution in [0.4, 0.5) is 5.13 Å². The molecule has 1 aromatic carbocycles. The summed E-state index contributed by atoms with van der Waals surface area (Å²) >= 11 is 1.73. The van der Waals surface area contributed by atoms with Crippen LogP contribution in [0, 0.1) is 0 Å². The zero-order valence-electron chi connectivity index (χ0n) is 11.8. The van der Waals surface area contributed by atoms with Crippen LogP contribution in [0.2, 0.25) is 0 Å². The van der Waals surface area contributed by atoms with Crippen LogP contribution in [0.25, 0.3) is 10.2 Å². The van der Waals surface area contributed by atoms with Gasteiger partial charge in [-0.2, -0.15) is 5.10 Å². The molecule has 5 nitrogen and oxygen atoms in total. The summed E-state index contributed by atoms with van der Waals surface area (Å²) in [6.07, 6.45) is 2.91. The zero-order valence-corrected chi connectivity index (χ0v) is 12.6. The SMILES string of the molecule is CCOc1ccc2nc(N3CCc4[nH]ncc4C3)sc2c1. The van der Waals surface area contributed by atoms with Crippen molar-refractivity contribution in [2.45, 2.75) is 19.9 Å². The van der Waals surface area contributed by atoms with Gasteiger partial charge in [0.2, 0.25) is 0 Å². The third-order valence-electron chi connectivity index (χ3n) is 3.73. The fraction of sp³-hybridized carbons (Fsp3) is 0.333. The highest BCUT2D eigenvalue weighted by Crippen LogP contribution is 2.33. The van der Waals surface area contributed by atoms with E-state index in [2.05, 4.69) is 21.2 Å². The lowest BCUT2D eigenvalue weighted by Gasteiger charge is -2.25. The van der Waals surface area contributed by atoms with Crippen molar-refractivity contribution in [1.82, 2.24) is 15.2 Å². The number of aromatic amines is 1. The first kappa shape index (κ1) is 12.6. The first-order chi connectivity index (χ1) is 10.3. The molecule has 4 rings (SSSR count). The van der Waals surface area contributed by atoms with E-state index in [0.29, 0.717) is 6.61 Å². The Labute approximate surface area is 126 Å². The molecule has 21 heavy (non-hydrogen) atoms. The first-order valence-electron chi connectivity index (χ1n) is 7.13. The molecule has 3 heterocycles. The van der Waals surface area contributed by atoms with Gasteiger partial charge in [0.05, 0.1) is 23.0 Å². The molecule has 1 aliphatic heterocycles. The van der Waals surface area contributed by atoms with E-state index in [-0.39, 0.29) is 0 Å². The number of H-pyrrole nitrogens is 1. The molecule has 0 unspecified atom stereocenters. The van der Waals surface area contributed by atoms with Gasteiger partial charge >= 0.3 is 0 Å². The number of anilines is 1.